The Morgan fingerprint density at radius 1 is 1.20 bits per heavy atom. The summed E-state index contributed by atoms with van der Waals surface area (Å²) in [6, 6.07) is 6.37. The minimum atomic E-state index is -0.0540. The molecule has 1 aliphatic rings. The molecule has 0 bridgehead atoms. The highest BCUT2D eigenvalue weighted by Crippen LogP contribution is 2.32. The first kappa shape index (κ1) is 16.3. The molecule has 1 aromatic carbocycles. The molecular weight excluding hydrogens is 354 g/mol. The highest BCUT2D eigenvalue weighted by Gasteiger charge is 2.24. The molecule has 0 radical (unpaired) electrons. The molecule has 25 heavy (non-hydrogen) atoms. The molecule has 6 nitrogen and oxygen atoms in total. The second kappa shape index (κ2) is 6.97. The maximum Gasteiger partial charge on any atom is 0.274 e. The minimum absolute atomic E-state index is 0.0540. The molecule has 3 heterocycles. The van der Waals surface area contributed by atoms with Crippen LogP contribution in [0.3, 0.4) is 0 Å². The van der Waals surface area contributed by atoms with Crippen LogP contribution >= 0.6 is 23.1 Å². The first-order valence-corrected chi connectivity index (χ1v) is 10.0. The van der Waals surface area contributed by atoms with Gasteiger partial charge in [0.2, 0.25) is 0 Å². The van der Waals surface area contributed by atoms with Gasteiger partial charge >= 0.3 is 0 Å². The fraction of sp³-hybridized carbons (Fsp3) is 0.294. The molecular formula is C17H17N5OS2. The van der Waals surface area contributed by atoms with Crippen LogP contribution < -0.4 is 4.90 Å². The van der Waals surface area contributed by atoms with E-state index < -0.39 is 0 Å². The molecule has 0 aliphatic carbocycles. The Hall–Kier alpha value is -2.19. The van der Waals surface area contributed by atoms with E-state index in [-0.39, 0.29) is 5.91 Å². The van der Waals surface area contributed by atoms with Crippen LogP contribution in [0, 0.1) is 0 Å². The molecule has 0 atom stereocenters. The van der Waals surface area contributed by atoms with Gasteiger partial charge in [-0.15, -0.1) is 11.8 Å². The van der Waals surface area contributed by atoms with Crippen molar-refractivity contribution in [2.45, 2.75) is 4.90 Å². The average Bonchev–Trinajstić information content (AvgIpc) is 3.11. The van der Waals surface area contributed by atoms with Gasteiger partial charge in [-0.25, -0.2) is 9.97 Å². The van der Waals surface area contributed by atoms with Crippen LogP contribution in [0.25, 0.3) is 10.2 Å². The summed E-state index contributed by atoms with van der Waals surface area (Å²) in [6.07, 6.45) is 6.72. The van der Waals surface area contributed by atoms with E-state index in [4.69, 9.17) is 4.98 Å². The number of fused-ring (bicyclic) bond motifs is 1. The van der Waals surface area contributed by atoms with Gasteiger partial charge in [0.25, 0.3) is 5.91 Å². The maximum atomic E-state index is 12.4. The van der Waals surface area contributed by atoms with Gasteiger partial charge in [-0.3, -0.25) is 9.78 Å². The minimum Gasteiger partial charge on any atom is -0.345 e. The van der Waals surface area contributed by atoms with Gasteiger partial charge in [-0.2, -0.15) is 0 Å². The van der Waals surface area contributed by atoms with Crippen molar-refractivity contribution in [2.24, 2.45) is 0 Å². The topological polar surface area (TPSA) is 62.2 Å². The quantitative estimate of drug-likeness (QED) is 0.660. The Bertz CT molecular complexity index is 890. The van der Waals surface area contributed by atoms with Gasteiger partial charge in [0.15, 0.2) is 5.13 Å². The zero-order valence-corrected chi connectivity index (χ0v) is 15.4. The number of rotatable bonds is 3. The summed E-state index contributed by atoms with van der Waals surface area (Å²) in [7, 11) is 0. The van der Waals surface area contributed by atoms with Crippen molar-refractivity contribution in [1.82, 2.24) is 19.9 Å². The Labute approximate surface area is 153 Å². The number of aromatic nitrogens is 3. The van der Waals surface area contributed by atoms with Crippen molar-refractivity contribution in [3.05, 3.63) is 42.5 Å². The monoisotopic (exact) mass is 371 g/mol. The van der Waals surface area contributed by atoms with Crippen molar-refractivity contribution in [2.75, 3.05) is 37.3 Å². The number of carbonyl (C=O) groups excluding carboxylic acids is 1. The first-order chi connectivity index (χ1) is 12.2. The zero-order chi connectivity index (χ0) is 17.2. The van der Waals surface area contributed by atoms with Crippen molar-refractivity contribution < 1.29 is 4.79 Å². The summed E-state index contributed by atoms with van der Waals surface area (Å²) in [5, 5.41) is 1.03. The van der Waals surface area contributed by atoms with Crippen molar-refractivity contribution in [3.63, 3.8) is 0 Å². The second-order valence-corrected chi connectivity index (χ2v) is 7.59. The van der Waals surface area contributed by atoms with Gasteiger partial charge in [0.05, 0.1) is 16.4 Å². The predicted octanol–water partition coefficient (Wildman–Crippen LogP) is 2.77. The van der Waals surface area contributed by atoms with Crippen molar-refractivity contribution in [3.8, 4) is 0 Å². The molecule has 4 rings (SSSR count). The largest absolute Gasteiger partial charge is 0.345 e. The predicted molar refractivity (Wildman–Crippen MR) is 102 cm³/mol. The van der Waals surface area contributed by atoms with E-state index in [1.54, 1.807) is 35.5 Å². The Morgan fingerprint density at radius 3 is 2.76 bits per heavy atom. The number of hydrogen-bond donors (Lipinski definition) is 0. The van der Waals surface area contributed by atoms with Crippen LogP contribution in [0.2, 0.25) is 0 Å². The number of nitrogens with zero attached hydrogens (tertiary/aromatic N) is 5. The molecule has 0 spiro atoms. The lowest BCUT2D eigenvalue weighted by molar-refractivity contribution is 0.0740. The van der Waals surface area contributed by atoms with E-state index in [1.165, 1.54) is 15.8 Å². The van der Waals surface area contributed by atoms with Gasteiger partial charge in [-0.1, -0.05) is 11.3 Å². The highest BCUT2D eigenvalue weighted by molar-refractivity contribution is 7.98. The molecule has 1 saturated heterocycles. The lowest BCUT2D eigenvalue weighted by Crippen LogP contribution is -2.49. The SMILES string of the molecule is CSc1ccc2nc(N3CCN(C(=O)c4cnccn4)CC3)sc2c1. The molecule has 0 N–H and O–H groups in total. The standard InChI is InChI=1S/C17H17N5OS2/c1-24-12-2-3-13-15(10-12)25-17(20-13)22-8-6-21(7-9-22)16(23)14-11-18-4-5-19-14/h2-5,10-11H,6-9H2,1H3. The summed E-state index contributed by atoms with van der Waals surface area (Å²) in [5.41, 5.74) is 1.44. The Kier molecular flexibility index (Phi) is 4.54. The van der Waals surface area contributed by atoms with E-state index in [1.807, 2.05) is 4.90 Å². The van der Waals surface area contributed by atoms with Gasteiger partial charge in [0, 0.05) is 43.5 Å². The second-order valence-electron chi connectivity index (χ2n) is 5.70. The molecule has 128 valence electrons. The summed E-state index contributed by atoms with van der Waals surface area (Å²) in [6.45, 7) is 2.89. The number of thioether (sulfide) groups is 1. The molecule has 1 aliphatic heterocycles. The molecule has 8 heteroatoms. The third kappa shape index (κ3) is 3.32. The van der Waals surface area contributed by atoms with Crippen LogP contribution in [-0.4, -0.2) is 58.2 Å². The average molecular weight is 371 g/mol. The highest BCUT2D eigenvalue weighted by atomic mass is 32.2. The molecule has 0 unspecified atom stereocenters. The van der Waals surface area contributed by atoms with E-state index >= 15 is 0 Å². The van der Waals surface area contributed by atoms with Crippen LogP contribution in [0.15, 0.2) is 41.7 Å². The fourth-order valence-electron chi connectivity index (χ4n) is 2.83. The van der Waals surface area contributed by atoms with Crippen LogP contribution in [0.5, 0.6) is 0 Å². The number of anilines is 1. The first-order valence-electron chi connectivity index (χ1n) is 7.99. The number of carbonyl (C=O) groups is 1. The Balaban J connectivity index is 1.46. The van der Waals surface area contributed by atoms with Gasteiger partial charge < -0.3 is 9.80 Å². The van der Waals surface area contributed by atoms with Crippen molar-refractivity contribution >= 4 is 44.4 Å². The van der Waals surface area contributed by atoms with Crippen LogP contribution in [0.1, 0.15) is 10.5 Å². The maximum absolute atomic E-state index is 12.4. The molecule has 2 aromatic heterocycles. The van der Waals surface area contributed by atoms with Crippen molar-refractivity contribution in [1.29, 1.82) is 0 Å². The molecule has 0 saturated carbocycles. The third-order valence-electron chi connectivity index (χ3n) is 4.20. The Morgan fingerprint density at radius 2 is 2.04 bits per heavy atom. The van der Waals surface area contributed by atoms with Crippen LogP contribution in [-0.2, 0) is 0 Å². The normalized spacial score (nSPS) is 14.9. The fourth-order valence-corrected chi connectivity index (χ4v) is 4.40. The lowest BCUT2D eigenvalue weighted by atomic mass is 10.3. The summed E-state index contributed by atoms with van der Waals surface area (Å²) in [5.74, 6) is -0.0540. The van der Waals surface area contributed by atoms with Crippen LogP contribution in [0.4, 0.5) is 5.13 Å². The zero-order valence-electron chi connectivity index (χ0n) is 13.8. The molecule has 1 fully saturated rings. The van der Waals surface area contributed by atoms with E-state index in [9.17, 15) is 4.79 Å². The van der Waals surface area contributed by atoms with E-state index in [0.717, 1.165) is 23.7 Å². The summed E-state index contributed by atoms with van der Waals surface area (Å²) in [4.78, 5) is 30.6. The molecule has 1 amide bonds. The van der Waals surface area contributed by atoms with Gasteiger partial charge in [-0.05, 0) is 24.5 Å². The number of hydrogen-bond acceptors (Lipinski definition) is 7. The molecule has 3 aromatic rings. The third-order valence-corrected chi connectivity index (χ3v) is 6.01. The number of amides is 1. The number of piperazine rings is 1. The lowest BCUT2D eigenvalue weighted by Gasteiger charge is -2.34. The van der Waals surface area contributed by atoms with Gasteiger partial charge in [0.1, 0.15) is 5.69 Å². The number of thiazole rings is 1. The smallest absolute Gasteiger partial charge is 0.274 e. The van der Waals surface area contributed by atoms with E-state index in [0.29, 0.717) is 18.8 Å². The number of benzene rings is 1. The summed E-state index contributed by atoms with van der Waals surface area (Å²) >= 11 is 3.46. The summed E-state index contributed by atoms with van der Waals surface area (Å²) < 4.78 is 1.21. The van der Waals surface area contributed by atoms with E-state index in [2.05, 4.69) is 39.3 Å².